The number of ether oxygens (including phenoxy) is 1. The van der Waals surface area contributed by atoms with Crippen LogP contribution in [0.3, 0.4) is 0 Å². The first kappa shape index (κ1) is 10.4. The van der Waals surface area contributed by atoms with Gasteiger partial charge in [-0.1, -0.05) is 0 Å². The number of hydrogen-bond acceptors (Lipinski definition) is 3. The number of carbonyl (C=O) groups excluding carboxylic acids is 1. The zero-order chi connectivity index (χ0) is 10.7. The molecule has 1 aliphatic heterocycles. The lowest BCUT2D eigenvalue weighted by molar-refractivity contribution is 0.0162. The Bertz CT molecular complexity index is 340. The zero-order valence-electron chi connectivity index (χ0n) is 8.95. The molecule has 0 aliphatic carbocycles. The molecule has 0 bridgehead atoms. The molecule has 15 heavy (non-hydrogen) atoms. The van der Waals surface area contributed by atoms with Crippen LogP contribution < -0.4 is 0 Å². The summed E-state index contributed by atoms with van der Waals surface area (Å²) < 4.78 is 5.62. The van der Waals surface area contributed by atoms with Gasteiger partial charge in [-0.3, -0.25) is 9.89 Å². The van der Waals surface area contributed by atoms with Crippen LogP contribution in [0.2, 0.25) is 0 Å². The topological polar surface area (TPSA) is 55.0 Å². The van der Waals surface area contributed by atoms with Gasteiger partial charge in [0.05, 0.1) is 6.10 Å². The van der Waals surface area contributed by atoms with Gasteiger partial charge in [0, 0.05) is 25.6 Å². The van der Waals surface area contributed by atoms with E-state index in [-0.39, 0.29) is 5.78 Å². The first-order valence-electron chi connectivity index (χ1n) is 5.42. The minimum absolute atomic E-state index is 0.00191. The Morgan fingerprint density at radius 2 is 2.53 bits per heavy atom. The van der Waals surface area contributed by atoms with Gasteiger partial charge in [-0.15, -0.1) is 0 Å². The molecule has 1 aliphatic rings. The van der Waals surface area contributed by atoms with Crippen LogP contribution in [0.1, 0.15) is 42.4 Å². The highest BCUT2D eigenvalue weighted by molar-refractivity contribution is 5.92. The molecule has 82 valence electrons. The average molecular weight is 208 g/mol. The molecule has 1 unspecified atom stereocenters. The van der Waals surface area contributed by atoms with Crippen LogP contribution in [0.15, 0.2) is 6.07 Å². The summed E-state index contributed by atoms with van der Waals surface area (Å²) in [4.78, 5) is 11.0. The fraction of sp³-hybridized carbons (Fsp3) is 0.636. The Kier molecular flexibility index (Phi) is 3.16. The molecular formula is C11H16N2O2. The minimum Gasteiger partial charge on any atom is -0.378 e. The van der Waals surface area contributed by atoms with E-state index in [2.05, 4.69) is 10.2 Å². The van der Waals surface area contributed by atoms with E-state index in [1.165, 1.54) is 13.3 Å². The predicted molar refractivity (Wildman–Crippen MR) is 55.9 cm³/mol. The molecule has 1 saturated heterocycles. The maximum Gasteiger partial charge on any atom is 0.179 e. The average Bonchev–Trinajstić information content (AvgIpc) is 2.68. The van der Waals surface area contributed by atoms with Gasteiger partial charge in [-0.05, 0) is 25.3 Å². The maximum absolute atomic E-state index is 11.0. The number of Topliss-reactive ketones (excluding diaryl/α,β-unsaturated/α-hetero) is 1. The van der Waals surface area contributed by atoms with E-state index >= 15 is 0 Å². The number of rotatable bonds is 3. The van der Waals surface area contributed by atoms with Crippen molar-refractivity contribution in [3.63, 3.8) is 0 Å². The lowest BCUT2D eigenvalue weighted by atomic mass is 10.0. The van der Waals surface area contributed by atoms with Crippen LogP contribution in [-0.4, -0.2) is 28.7 Å². The van der Waals surface area contributed by atoms with E-state index in [1.54, 1.807) is 0 Å². The second-order valence-corrected chi connectivity index (χ2v) is 4.03. The summed E-state index contributed by atoms with van der Waals surface area (Å²) in [7, 11) is 0. The number of nitrogens with zero attached hydrogens (tertiary/aromatic N) is 1. The van der Waals surface area contributed by atoms with E-state index < -0.39 is 0 Å². The summed E-state index contributed by atoms with van der Waals surface area (Å²) in [5, 5.41) is 6.83. The zero-order valence-corrected chi connectivity index (χ0v) is 8.95. The Morgan fingerprint density at radius 1 is 1.67 bits per heavy atom. The Morgan fingerprint density at radius 3 is 3.13 bits per heavy atom. The highest BCUT2D eigenvalue weighted by Gasteiger charge is 2.16. The van der Waals surface area contributed by atoms with E-state index in [0.29, 0.717) is 11.8 Å². The van der Waals surface area contributed by atoms with Crippen LogP contribution in [0.5, 0.6) is 0 Å². The normalized spacial score (nSPS) is 21.5. The predicted octanol–water partition coefficient (Wildman–Crippen LogP) is 1.72. The quantitative estimate of drug-likeness (QED) is 0.769. The van der Waals surface area contributed by atoms with Crippen molar-refractivity contribution in [3.05, 3.63) is 17.5 Å². The Balaban J connectivity index is 1.94. The standard InChI is InChI=1S/C11H16N2O2/c1-8(14)11-7-9(12-13-11)6-10-4-2-3-5-15-10/h7,10H,2-6H2,1H3,(H,12,13). The molecule has 0 radical (unpaired) electrons. The summed E-state index contributed by atoms with van der Waals surface area (Å²) in [6.45, 7) is 2.38. The maximum atomic E-state index is 11.0. The molecule has 1 fully saturated rings. The van der Waals surface area contributed by atoms with Crippen LogP contribution >= 0.6 is 0 Å². The number of carbonyl (C=O) groups is 1. The highest BCUT2D eigenvalue weighted by atomic mass is 16.5. The summed E-state index contributed by atoms with van der Waals surface area (Å²) in [5.74, 6) is 0.00191. The molecule has 2 rings (SSSR count). The summed E-state index contributed by atoms with van der Waals surface area (Å²) in [6.07, 6.45) is 4.63. The third kappa shape index (κ3) is 2.65. The Hall–Kier alpha value is -1.16. The first-order chi connectivity index (χ1) is 7.25. The SMILES string of the molecule is CC(=O)c1cc(CC2CCCCO2)[nH]n1. The van der Waals surface area contributed by atoms with Crippen molar-refractivity contribution < 1.29 is 9.53 Å². The van der Waals surface area contributed by atoms with E-state index in [4.69, 9.17) is 4.74 Å². The molecule has 1 aromatic heterocycles. The molecule has 1 N–H and O–H groups in total. The summed E-state index contributed by atoms with van der Waals surface area (Å²) >= 11 is 0. The third-order valence-electron chi connectivity index (χ3n) is 2.71. The summed E-state index contributed by atoms with van der Waals surface area (Å²) in [6, 6.07) is 1.82. The molecule has 1 aromatic rings. The number of aromatic nitrogens is 2. The van der Waals surface area contributed by atoms with Crippen molar-refractivity contribution >= 4 is 5.78 Å². The number of aromatic amines is 1. The fourth-order valence-electron chi connectivity index (χ4n) is 1.86. The second-order valence-electron chi connectivity index (χ2n) is 4.03. The molecular weight excluding hydrogens is 192 g/mol. The van der Waals surface area contributed by atoms with Gasteiger partial charge < -0.3 is 4.74 Å². The van der Waals surface area contributed by atoms with E-state index in [0.717, 1.165) is 31.6 Å². The van der Waals surface area contributed by atoms with Gasteiger partial charge >= 0.3 is 0 Å². The molecule has 0 saturated carbocycles. The van der Waals surface area contributed by atoms with Gasteiger partial charge in [0.25, 0.3) is 0 Å². The molecule has 0 aromatic carbocycles. The largest absolute Gasteiger partial charge is 0.378 e. The van der Waals surface area contributed by atoms with Crippen molar-refractivity contribution in [2.75, 3.05) is 6.61 Å². The molecule has 4 heteroatoms. The molecule has 0 amide bonds. The van der Waals surface area contributed by atoms with Crippen LogP contribution in [0, 0.1) is 0 Å². The van der Waals surface area contributed by atoms with Crippen LogP contribution in [-0.2, 0) is 11.2 Å². The summed E-state index contributed by atoms with van der Waals surface area (Å²) in [5.41, 5.74) is 1.51. The molecule has 2 heterocycles. The van der Waals surface area contributed by atoms with Gasteiger partial charge in [0.1, 0.15) is 5.69 Å². The highest BCUT2D eigenvalue weighted by Crippen LogP contribution is 2.16. The molecule has 0 spiro atoms. The van der Waals surface area contributed by atoms with Crippen molar-refractivity contribution in [2.45, 2.75) is 38.7 Å². The van der Waals surface area contributed by atoms with E-state index in [1.807, 2.05) is 6.07 Å². The van der Waals surface area contributed by atoms with Crippen LogP contribution in [0.25, 0.3) is 0 Å². The van der Waals surface area contributed by atoms with Crippen molar-refractivity contribution in [2.24, 2.45) is 0 Å². The molecule has 4 nitrogen and oxygen atoms in total. The number of H-pyrrole nitrogens is 1. The van der Waals surface area contributed by atoms with Gasteiger partial charge in [0.2, 0.25) is 0 Å². The lowest BCUT2D eigenvalue weighted by Gasteiger charge is -2.21. The van der Waals surface area contributed by atoms with Crippen molar-refractivity contribution in [1.82, 2.24) is 10.2 Å². The van der Waals surface area contributed by atoms with Crippen molar-refractivity contribution in [3.8, 4) is 0 Å². The number of ketones is 1. The van der Waals surface area contributed by atoms with Crippen LogP contribution in [0.4, 0.5) is 0 Å². The Labute approximate surface area is 89.0 Å². The monoisotopic (exact) mass is 208 g/mol. The lowest BCUT2D eigenvalue weighted by Crippen LogP contribution is -2.21. The first-order valence-corrected chi connectivity index (χ1v) is 5.42. The number of hydrogen-bond donors (Lipinski definition) is 1. The third-order valence-corrected chi connectivity index (χ3v) is 2.71. The van der Waals surface area contributed by atoms with Gasteiger partial charge in [-0.2, -0.15) is 5.10 Å². The second kappa shape index (κ2) is 4.57. The number of nitrogens with one attached hydrogen (secondary N) is 1. The minimum atomic E-state index is 0.00191. The van der Waals surface area contributed by atoms with Gasteiger partial charge in [0.15, 0.2) is 5.78 Å². The molecule has 1 atom stereocenters. The fourth-order valence-corrected chi connectivity index (χ4v) is 1.86. The smallest absolute Gasteiger partial charge is 0.179 e. The van der Waals surface area contributed by atoms with E-state index in [9.17, 15) is 4.79 Å². The van der Waals surface area contributed by atoms with Gasteiger partial charge in [-0.25, -0.2) is 0 Å². The van der Waals surface area contributed by atoms with Crippen molar-refractivity contribution in [1.29, 1.82) is 0 Å².